The van der Waals surface area contributed by atoms with E-state index in [2.05, 4.69) is 10.1 Å². The van der Waals surface area contributed by atoms with Crippen LogP contribution in [0.2, 0.25) is 0 Å². The summed E-state index contributed by atoms with van der Waals surface area (Å²) in [7, 11) is -2.16. The second kappa shape index (κ2) is 3.87. The van der Waals surface area contributed by atoms with Crippen molar-refractivity contribution >= 4 is 7.60 Å². The molecule has 1 unspecified atom stereocenters. The van der Waals surface area contributed by atoms with Gasteiger partial charge in [-0.2, -0.15) is 5.48 Å². The first kappa shape index (κ1) is 9.48. The topological polar surface area (TPSA) is 71.7 Å². The first-order chi connectivity index (χ1) is 5.64. The van der Waals surface area contributed by atoms with Crippen LogP contribution in [0.4, 0.5) is 0 Å². The predicted molar refractivity (Wildman–Crippen MR) is 42.4 cm³/mol. The third kappa shape index (κ3) is 2.79. The standard InChI is InChI=1S/C6H10NO4P/c1-7-11-12(8,9)5-6-3-2-4-10-6/h2-4,7H,5H2,1H3,(H,8,9). The van der Waals surface area contributed by atoms with Gasteiger partial charge in [0, 0.05) is 7.05 Å². The third-order valence-electron chi connectivity index (χ3n) is 1.17. The Hall–Kier alpha value is -0.610. The Morgan fingerprint density at radius 2 is 2.58 bits per heavy atom. The second-order valence-electron chi connectivity index (χ2n) is 2.17. The molecular weight excluding hydrogens is 181 g/mol. The van der Waals surface area contributed by atoms with Crippen molar-refractivity contribution in [2.24, 2.45) is 0 Å². The smallest absolute Gasteiger partial charge is 0.351 e. The van der Waals surface area contributed by atoms with Crippen molar-refractivity contribution in [1.82, 2.24) is 5.48 Å². The van der Waals surface area contributed by atoms with Crippen molar-refractivity contribution in [3.05, 3.63) is 24.2 Å². The molecule has 0 fully saturated rings. The van der Waals surface area contributed by atoms with E-state index in [1.165, 1.54) is 13.3 Å². The van der Waals surface area contributed by atoms with Crippen LogP contribution in [0, 0.1) is 0 Å². The first-order valence-corrected chi connectivity index (χ1v) is 5.10. The maximum absolute atomic E-state index is 11.1. The molecular formula is C6H10NO4P. The van der Waals surface area contributed by atoms with Gasteiger partial charge in [-0.25, -0.2) is 4.62 Å². The Kier molecular flexibility index (Phi) is 3.05. The highest BCUT2D eigenvalue weighted by molar-refractivity contribution is 7.51. The molecule has 1 aromatic heterocycles. The molecule has 12 heavy (non-hydrogen) atoms. The van der Waals surface area contributed by atoms with Crippen molar-refractivity contribution in [3.8, 4) is 0 Å². The monoisotopic (exact) mass is 191 g/mol. The van der Waals surface area contributed by atoms with Crippen LogP contribution in [0.5, 0.6) is 0 Å². The molecule has 0 radical (unpaired) electrons. The van der Waals surface area contributed by atoms with Gasteiger partial charge in [-0.05, 0) is 12.1 Å². The van der Waals surface area contributed by atoms with Crippen LogP contribution in [0.3, 0.4) is 0 Å². The molecule has 1 aromatic rings. The average molecular weight is 191 g/mol. The van der Waals surface area contributed by atoms with Gasteiger partial charge in [0.05, 0.1) is 6.26 Å². The highest BCUT2D eigenvalue weighted by atomic mass is 31.2. The first-order valence-electron chi connectivity index (χ1n) is 3.33. The summed E-state index contributed by atoms with van der Waals surface area (Å²) in [6.45, 7) is 0. The highest BCUT2D eigenvalue weighted by Gasteiger charge is 2.21. The van der Waals surface area contributed by atoms with Crippen molar-refractivity contribution in [1.29, 1.82) is 0 Å². The van der Waals surface area contributed by atoms with Crippen LogP contribution in [-0.4, -0.2) is 11.9 Å². The lowest BCUT2D eigenvalue weighted by Crippen LogP contribution is -2.05. The molecule has 0 bridgehead atoms. The van der Waals surface area contributed by atoms with E-state index >= 15 is 0 Å². The number of furan rings is 1. The minimum Gasteiger partial charge on any atom is -0.469 e. The maximum atomic E-state index is 11.1. The van der Waals surface area contributed by atoms with Gasteiger partial charge in [0.2, 0.25) is 0 Å². The summed E-state index contributed by atoms with van der Waals surface area (Å²) in [6.07, 6.45) is 1.32. The summed E-state index contributed by atoms with van der Waals surface area (Å²) >= 11 is 0. The molecule has 1 rings (SSSR count). The van der Waals surface area contributed by atoms with Gasteiger partial charge in [0.25, 0.3) is 0 Å². The van der Waals surface area contributed by atoms with Gasteiger partial charge in [-0.15, -0.1) is 0 Å². The number of hydrogen-bond acceptors (Lipinski definition) is 4. The van der Waals surface area contributed by atoms with Gasteiger partial charge in [0.1, 0.15) is 11.9 Å². The van der Waals surface area contributed by atoms with Gasteiger partial charge < -0.3 is 9.31 Å². The SMILES string of the molecule is CNOP(=O)(O)Cc1ccco1. The summed E-state index contributed by atoms with van der Waals surface area (Å²) in [6, 6.07) is 3.26. The largest absolute Gasteiger partial charge is 0.469 e. The van der Waals surface area contributed by atoms with Gasteiger partial charge in [0.15, 0.2) is 0 Å². The zero-order valence-corrected chi connectivity index (χ0v) is 7.45. The third-order valence-corrected chi connectivity index (χ3v) is 2.35. The minimum atomic E-state index is -3.59. The van der Waals surface area contributed by atoms with Gasteiger partial charge >= 0.3 is 7.60 Å². The van der Waals surface area contributed by atoms with E-state index in [4.69, 9.17) is 9.31 Å². The van der Waals surface area contributed by atoms with E-state index in [0.29, 0.717) is 5.76 Å². The van der Waals surface area contributed by atoms with E-state index in [-0.39, 0.29) is 6.16 Å². The van der Waals surface area contributed by atoms with Crippen molar-refractivity contribution in [2.75, 3.05) is 7.05 Å². The summed E-state index contributed by atoms with van der Waals surface area (Å²) < 4.78 is 20.4. The number of hydroxylamine groups is 1. The predicted octanol–water partition coefficient (Wildman–Crippen LogP) is 1.12. The molecule has 1 atom stereocenters. The van der Waals surface area contributed by atoms with Gasteiger partial charge in [-0.3, -0.25) is 4.57 Å². The molecule has 0 aliphatic rings. The Labute approximate surface area is 69.8 Å². The number of hydrogen-bond donors (Lipinski definition) is 2. The van der Waals surface area contributed by atoms with Gasteiger partial charge in [-0.1, -0.05) is 0 Å². The van der Waals surface area contributed by atoms with Crippen molar-refractivity contribution in [3.63, 3.8) is 0 Å². The second-order valence-corrected chi connectivity index (χ2v) is 3.94. The van der Waals surface area contributed by atoms with E-state index in [1.54, 1.807) is 12.1 Å². The van der Waals surface area contributed by atoms with Crippen LogP contribution in [-0.2, 0) is 15.4 Å². The molecule has 0 aromatic carbocycles. The highest BCUT2D eigenvalue weighted by Crippen LogP contribution is 2.44. The summed E-state index contributed by atoms with van der Waals surface area (Å²) in [5.41, 5.74) is 2.17. The number of rotatable bonds is 4. The van der Waals surface area contributed by atoms with E-state index in [1.807, 2.05) is 0 Å². The van der Waals surface area contributed by atoms with Crippen LogP contribution in [0.15, 0.2) is 22.8 Å². The molecule has 0 saturated carbocycles. The quantitative estimate of drug-likeness (QED) is 0.551. The number of nitrogens with one attached hydrogen (secondary N) is 1. The normalized spacial score (nSPS) is 15.8. The average Bonchev–Trinajstić information content (AvgIpc) is 2.38. The Balaban J connectivity index is 2.56. The van der Waals surface area contributed by atoms with Crippen LogP contribution >= 0.6 is 7.60 Å². The molecule has 5 nitrogen and oxygen atoms in total. The lowest BCUT2D eigenvalue weighted by atomic mass is 10.5. The molecule has 68 valence electrons. The fourth-order valence-corrected chi connectivity index (χ4v) is 1.70. The van der Waals surface area contributed by atoms with Crippen LogP contribution < -0.4 is 5.48 Å². The summed E-state index contributed by atoms with van der Waals surface area (Å²) in [5, 5.41) is 0. The lowest BCUT2D eigenvalue weighted by molar-refractivity contribution is 0.186. The summed E-state index contributed by atoms with van der Waals surface area (Å²) in [5.74, 6) is 0.427. The molecule has 1 heterocycles. The Morgan fingerprint density at radius 3 is 3.08 bits per heavy atom. The van der Waals surface area contributed by atoms with Crippen LogP contribution in [0.1, 0.15) is 5.76 Å². The molecule has 2 N–H and O–H groups in total. The van der Waals surface area contributed by atoms with E-state index in [9.17, 15) is 4.57 Å². The molecule has 0 aliphatic carbocycles. The molecule has 6 heteroatoms. The fourth-order valence-electron chi connectivity index (χ4n) is 0.774. The maximum Gasteiger partial charge on any atom is 0.351 e. The fraction of sp³-hybridized carbons (Fsp3) is 0.333. The minimum absolute atomic E-state index is 0.124. The molecule has 0 spiro atoms. The Morgan fingerprint density at radius 1 is 1.83 bits per heavy atom. The molecule has 0 saturated heterocycles. The zero-order valence-electron chi connectivity index (χ0n) is 6.56. The molecule has 0 aliphatic heterocycles. The van der Waals surface area contributed by atoms with Crippen LogP contribution in [0.25, 0.3) is 0 Å². The lowest BCUT2D eigenvalue weighted by Gasteiger charge is -2.07. The van der Waals surface area contributed by atoms with E-state index < -0.39 is 7.60 Å². The summed E-state index contributed by atoms with van der Waals surface area (Å²) in [4.78, 5) is 9.10. The Bertz CT molecular complexity index is 271. The molecule has 0 amide bonds. The van der Waals surface area contributed by atoms with E-state index in [0.717, 1.165) is 0 Å². The van der Waals surface area contributed by atoms with Crippen molar-refractivity contribution in [2.45, 2.75) is 6.16 Å². The van der Waals surface area contributed by atoms with Crippen molar-refractivity contribution < 1.29 is 18.5 Å². The zero-order chi connectivity index (χ0) is 9.03.